The number of aromatic nitrogens is 2. The maximum atomic E-state index is 10.6. The summed E-state index contributed by atoms with van der Waals surface area (Å²) in [5.74, 6) is 0.637. The molecule has 0 atom stereocenters. The first-order chi connectivity index (χ1) is 8.15. The number of hydrogen-bond acceptors (Lipinski definition) is 6. The lowest BCUT2D eigenvalue weighted by Crippen LogP contribution is -1.89. The summed E-state index contributed by atoms with van der Waals surface area (Å²) in [4.78, 5) is 10.2. The lowest BCUT2D eigenvalue weighted by Gasteiger charge is -1.98. The fourth-order valence-corrected chi connectivity index (χ4v) is 3.21. The third kappa shape index (κ3) is 3.35. The number of nitrogens with one attached hydrogen (secondary N) is 1. The van der Waals surface area contributed by atoms with Gasteiger partial charge < -0.3 is 0 Å². The second-order valence-electron chi connectivity index (χ2n) is 3.09. The van der Waals surface area contributed by atoms with Crippen LogP contribution in [0.5, 0.6) is 0 Å². The molecule has 17 heavy (non-hydrogen) atoms. The SMILES string of the molecule is O=[N+]([O-])c1cccc(CSc2n[nH]c(=S)s2)c1. The molecule has 0 aliphatic rings. The molecule has 0 fully saturated rings. The average Bonchev–Trinajstić information content (AvgIpc) is 2.73. The summed E-state index contributed by atoms with van der Waals surface area (Å²) in [5, 5.41) is 17.3. The van der Waals surface area contributed by atoms with Gasteiger partial charge in [0.2, 0.25) is 0 Å². The highest BCUT2D eigenvalue weighted by Gasteiger charge is 2.06. The highest BCUT2D eigenvalue weighted by Crippen LogP contribution is 2.25. The van der Waals surface area contributed by atoms with Gasteiger partial charge in [0, 0.05) is 17.9 Å². The molecule has 0 aliphatic carbocycles. The Balaban J connectivity index is 2.06. The van der Waals surface area contributed by atoms with E-state index in [4.69, 9.17) is 12.2 Å². The normalized spacial score (nSPS) is 10.4. The molecule has 5 nitrogen and oxygen atoms in total. The number of rotatable bonds is 4. The Labute approximate surface area is 110 Å². The summed E-state index contributed by atoms with van der Waals surface area (Å²) in [7, 11) is 0. The minimum Gasteiger partial charge on any atom is -0.258 e. The van der Waals surface area contributed by atoms with E-state index in [1.807, 2.05) is 6.07 Å². The van der Waals surface area contributed by atoms with E-state index in [0.29, 0.717) is 9.71 Å². The highest BCUT2D eigenvalue weighted by atomic mass is 32.2. The van der Waals surface area contributed by atoms with Crippen molar-refractivity contribution in [1.29, 1.82) is 0 Å². The minimum atomic E-state index is -0.396. The smallest absolute Gasteiger partial charge is 0.258 e. The molecule has 1 aromatic carbocycles. The van der Waals surface area contributed by atoms with Crippen molar-refractivity contribution in [3.05, 3.63) is 43.9 Å². The molecule has 1 aromatic heterocycles. The Morgan fingerprint density at radius 1 is 1.59 bits per heavy atom. The summed E-state index contributed by atoms with van der Waals surface area (Å²) in [5.41, 5.74) is 1.00. The number of non-ortho nitro benzene ring substituents is 1. The van der Waals surface area contributed by atoms with Crippen molar-refractivity contribution in [2.75, 3.05) is 0 Å². The fraction of sp³-hybridized carbons (Fsp3) is 0.111. The Kier molecular flexibility index (Phi) is 3.87. The van der Waals surface area contributed by atoms with Crippen molar-refractivity contribution in [2.24, 2.45) is 0 Å². The molecule has 1 heterocycles. The third-order valence-electron chi connectivity index (χ3n) is 1.90. The van der Waals surface area contributed by atoms with Crippen molar-refractivity contribution in [1.82, 2.24) is 10.2 Å². The van der Waals surface area contributed by atoms with Gasteiger partial charge in [-0.1, -0.05) is 35.2 Å². The molecule has 0 bridgehead atoms. The van der Waals surface area contributed by atoms with Crippen LogP contribution in [0.25, 0.3) is 0 Å². The summed E-state index contributed by atoms with van der Waals surface area (Å²) < 4.78 is 1.47. The van der Waals surface area contributed by atoms with Gasteiger partial charge in [-0.25, -0.2) is 0 Å². The van der Waals surface area contributed by atoms with Gasteiger partial charge in [0.05, 0.1) is 4.92 Å². The first-order valence-corrected chi connectivity index (χ1v) is 6.78. The maximum Gasteiger partial charge on any atom is 0.269 e. The second kappa shape index (κ2) is 5.39. The van der Waals surface area contributed by atoms with Gasteiger partial charge in [0.1, 0.15) is 0 Å². The van der Waals surface area contributed by atoms with Crippen LogP contribution in [0.15, 0.2) is 28.6 Å². The predicted molar refractivity (Wildman–Crippen MR) is 70.0 cm³/mol. The van der Waals surface area contributed by atoms with Crippen molar-refractivity contribution < 1.29 is 4.92 Å². The summed E-state index contributed by atoms with van der Waals surface area (Å²) >= 11 is 7.81. The number of nitro groups is 1. The maximum absolute atomic E-state index is 10.6. The largest absolute Gasteiger partial charge is 0.269 e. The molecule has 2 aromatic rings. The van der Waals surface area contributed by atoms with E-state index < -0.39 is 4.92 Å². The van der Waals surface area contributed by atoms with Gasteiger partial charge >= 0.3 is 0 Å². The van der Waals surface area contributed by atoms with E-state index in [1.54, 1.807) is 12.1 Å². The average molecular weight is 285 g/mol. The van der Waals surface area contributed by atoms with Crippen LogP contribution in [-0.4, -0.2) is 15.1 Å². The molecule has 0 saturated heterocycles. The molecule has 0 unspecified atom stereocenters. The van der Waals surface area contributed by atoms with E-state index in [1.165, 1.54) is 29.2 Å². The zero-order chi connectivity index (χ0) is 12.3. The van der Waals surface area contributed by atoms with Crippen LogP contribution in [0.4, 0.5) is 5.69 Å². The van der Waals surface area contributed by atoms with Crippen LogP contribution < -0.4 is 0 Å². The minimum absolute atomic E-state index is 0.109. The number of H-pyrrole nitrogens is 1. The summed E-state index contributed by atoms with van der Waals surface area (Å²) in [6, 6.07) is 6.58. The van der Waals surface area contributed by atoms with E-state index in [-0.39, 0.29) is 5.69 Å². The van der Waals surface area contributed by atoms with Gasteiger partial charge in [-0.3, -0.25) is 15.2 Å². The van der Waals surface area contributed by atoms with Crippen molar-refractivity contribution >= 4 is 41.0 Å². The van der Waals surface area contributed by atoms with E-state index in [2.05, 4.69) is 10.2 Å². The molecule has 0 spiro atoms. The molecule has 2 rings (SSSR count). The van der Waals surface area contributed by atoms with Crippen LogP contribution in [0.1, 0.15) is 5.56 Å². The lowest BCUT2D eigenvalue weighted by molar-refractivity contribution is -0.384. The Morgan fingerprint density at radius 3 is 3.06 bits per heavy atom. The number of nitro benzene ring substituents is 1. The summed E-state index contributed by atoms with van der Waals surface area (Å²) in [6.07, 6.45) is 0. The van der Waals surface area contributed by atoms with Gasteiger partial charge in [0.15, 0.2) is 8.29 Å². The van der Waals surface area contributed by atoms with Gasteiger partial charge in [-0.15, -0.1) is 0 Å². The fourth-order valence-electron chi connectivity index (χ4n) is 1.18. The van der Waals surface area contributed by atoms with Gasteiger partial charge in [0.25, 0.3) is 5.69 Å². The Bertz CT molecular complexity index is 593. The molecule has 0 saturated carbocycles. The molecule has 0 aliphatic heterocycles. The molecule has 88 valence electrons. The van der Waals surface area contributed by atoms with Crippen molar-refractivity contribution in [3.8, 4) is 0 Å². The number of benzene rings is 1. The van der Waals surface area contributed by atoms with Gasteiger partial charge in [-0.2, -0.15) is 5.10 Å². The molecular formula is C9H7N3O2S3. The number of thioether (sulfide) groups is 1. The van der Waals surface area contributed by atoms with Crippen LogP contribution in [0.3, 0.4) is 0 Å². The van der Waals surface area contributed by atoms with Crippen LogP contribution in [0, 0.1) is 14.1 Å². The molecule has 1 N–H and O–H groups in total. The number of nitrogens with zero attached hydrogens (tertiary/aromatic N) is 2. The molecule has 0 radical (unpaired) electrons. The Morgan fingerprint density at radius 2 is 2.41 bits per heavy atom. The Hall–Kier alpha value is -1.25. The van der Waals surface area contributed by atoms with Crippen LogP contribution in [-0.2, 0) is 5.75 Å². The zero-order valence-electron chi connectivity index (χ0n) is 8.45. The second-order valence-corrected chi connectivity index (χ2v) is 5.98. The standard InChI is InChI=1S/C9H7N3O2S3/c13-12(14)7-3-1-2-6(4-7)5-16-9-11-10-8(15)17-9/h1-4H,5H2,(H,10,15). The van der Waals surface area contributed by atoms with E-state index >= 15 is 0 Å². The molecule has 0 amide bonds. The van der Waals surface area contributed by atoms with Crippen LogP contribution >= 0.6 is 35.3 Å². The monoisotopic (exact) mass is 285 g/mol. The number of aromatic amines is 1. The predicted octanol–water partition coefficient (Wildman–Crippen LogP) is 3.40. The van der Waals surface area contributed by atoms with E-state index in [9.17, 15) is 10.1 Å². The van der Waals surface area contributed by atoms with Crippen molar-refractivity contribution in [2.45, 2.75) is 10.1 Å². The topological polar surface area (TPSA) is 71.8 Å². The van der Waals surface area contributed by atoms with E-state index in [0.717, 1.165) is 9.90 Å². The molecule has 8 heteroatoms. The summed E-state index contributed by atoms with van der Waals surface area (Å²) in [6.45, 7) is 0. The quantitative estimate of drug-likeness (QED) is 0.403. The third-order valence-corrected chi connectivity index (χ3v) is 4.21. The molecular weight excluding hydrogens is 278 g/mol. The zero-order valence-corrected chi connectivity index (χ0v) is 10.9. The van der Waals surface area contributed by atoms with Crippen molar-refractivity contribution in [3.63, 3.8) is 0 Å². The van der Waals surface area contributed by atoms with Gasteiger partial charge in [-0.05, 0) is 17.8 Å². The highest BCUT2D eigenvalue weighted by molar-refractivity contribution is 8.00. The first kappa shape index (κ1) is 12.2. The van der Waals surface area contributed by atoms with Crippen LogP contribution in [0.2, 0.25) is 0 Å². The number of hydrogen-bond donors (Lipinski definition) is 1. The lowest BCUT2D eigenvalue weighted by atomic mass is 10.2. The first-order valence-electron chi connectivity index (χ1n) is 4.57.